The Kier molecular flexibility index (Phi) is 15.1. The first-order valence-electron chi connectivity index (χ1n) is 15.2. The summed E-state index contributed by atoms with van der Waals surface area (Å²) in [6, 6.07) is 18.2. The summed E-state index contributed by atoms with van der Waals surface area (Å²) in [5.74, 6) is 0.547. The highest BCUT2D eigenvalue weighted by molar-refractivity contribution is 5.74. The molecule has 2 aromatic rings. The first-order valence-corrected chi connectivity index (χ1v) is 15.2. The Bertz CT molecular complexity index is 896. The lowest BCUT2D eigenvalue weighted by Crippen LogP contribution is -2.52. The molecule has 4 heteroatoms. The van der Waals surface area contributed by atoms with Crippen molar-refractivity contribution >= 4 is 5.97 Å². The molecule has 0 aliphatic heterocycles. The highest BCUT2D eigenvalue weighted by Crippen LogP contribution is 2.21. The number of quaternary nitrogens is 1. The zero-order valence-corrected chi connectivity index (χ0v) is 24.9. The molecule has 0 N–H and O–H groups in total. The van der Waals surface area contributed by atoms with Crippen molar-refractivity contribution in [2.24, 2.45) is 0 Å². The molecule has 2 rings (SSSR count). The molecule has 0 aromatic heterocycles. The predicted molar refractivity (Wildman–Crippen MR) is 159 cm³/mol. The molecule has 0 spiro atoms. The maximum atomic E-state index is 13.0. The molecule has 0 heterocycles. The molecule has 0 bridgehead atoms. The summed E-state index contributed by atoms with van der Waals surface area (Å²) in [5.41, 5.74) is 2.49. The average molecular weight is 525 g/mol. The molecule has 212 valence electrons. The van der Waals surface area contributed by atoms with Crippen LogP contribution in [0.3, 0.4) is 0 Å². The van der Waals surface area contributed by atoms with E-state index in [1.807, 2.05) is 44.2 Å². The second-order valence-electron chi connectivity index (χ2n) is 11.4. The van der Waals surface area contributed by atoms with Gasteiger partial charge in [-0.15, -0.1) is 0 Å². The van der Waals surface area contributed by atoms with Gasteiger partial charge in [-0.05, 0) is 37.5 Å². The standard InChI is InChI=1S/C34H54NO3/c1-6-8-9-10-11-12-13-14-15-16-18-22-30-25-21-26-32(27-30)37-33(7-2)38-34(36)29(3)35(4,5)28-31-23-19-17-20-24-31/h17,19-21,23-27,29,33H,6-16,18,22,28H2,1-5H3/q+1. The summed E-state index contributed by atoms with van der Waals surface area (Å²) < 4.78 is 12.5. The number of aryl methyl sites for hydroxylation is 1. The number of benzene rings is 2. The third kappa shape index (κ3) is 12.5. The van der Waals surface area contributed by atoms with Crippen LogP contribution in [0.25, 0.3) is 0 Å². The number of esters is 1. The second kappa shape index (κ2) is 18.0. The summed E-state index contributed by atoms with van der Waals surface area (Å²) in [7, 11) is 4.14. The first kappa shape index (κ1) is 31.9. The Balaban J connectivity index is 1.72. The SMILES string of the molecule is CCCCCCCCCCCCCc1cccc(OC(CC)OC(=O)C(C)[N+](C)(C)Cc2ccccc2)c1. The van der Waals surface area contributed by atoms with Crippen molar-refractivity contribution in [2.45, 2.75) is 123 Å². The zero-order chi connectivity index (χ0) is 27.6. The third-order valence-corrected chi connectivity index (χ3v) is 7.64. The van der Waals surface area contributed by atoms with E-state index in [0.29, 0.717) is 10.9 Å². The van der Waals surface area contributed by atoms with Crippen molar-refractivity contribution in [3.63, 3.8) is 0 Å². The van der Waals surface area contributed by atoms with Crippen molar-refractivity contribution in [2.75, 3.05) is 14.1 Å². The molecule has 2 aromatic carbocycles. The number of likely N-dealkylation sites (N-methyl/N-ethyl adjacent to an activating group) is 1. The first-order chi connectivity index (χ1) is 18.4. The molecule has 0 aliphatic rings. The van der Waals surface area contributed by atoms with Gasteiger partial charge in [0.1, 0.15) is 12.3 Å². The number of unbranched alkanes of at least 4 members (excludes halogenated alkanes) is 10. The molecule has 2 unspecified atom stereocenters. The lowest BCUT2D eigenvalue weighted by Gasteiger charge is -2.35. The highest BCUT2D eigenvalue weighted by Gasteiger charge is 2.33. The van der Waals surface area contributed by atoms with Crippen molar-refractivity contribution in [1.82, 2.24) is 0 Å². The minimum absolute atomic E-state index is 0.227. The van der Waals surface area contributed by atoms with Crippen LogP contribution in [0.15, 0.2) is 54.6 Å². The number of carbonyl (C=O) groups excluding carboxylic acids is 1. The molecular weight excluding hydrogens is 470 g/mol. The molecule has 4 nitrogen and oxygen atoms in total. The maximum Gasteiger partial charge on any atom is 0.367 e. The van der Waals surface area contributed by atoms with Gasteiger partial charge in [-0.1, -0.05) is 121 Å². The van der Waals surface area contributed by atoms with Crippen LogP contribution in [0, 0.1) is 0 Å². The Morgan fingerprint density at radius 1 is 0.763 bits per heavy atom. The van der Waals surface area contributed by atoms with Crippen LogP contribution in [0.4, 0.5) is 0 Å². The molecular formula is C34H54NO3+. The fraction of sp³-hybridized carbons (Fsp3) is 0.618. The third-order valence-electron chi connectivity index (χ3n) is 7.64. The summed E-state index contributed by atoms with van der Waals surface area (Å²) >= 11 is 0. The van der Waals surface area contributed by atoms with Crippen LogP contribution in [0.2, 0.25) is 0 Å². The van der Waals surface area contributed by atoms with Gasteiger partial charge in [0.05, 0.1) is 14.1 Å². The van der Waals surface area contributed by atoms with Crippen LogP contribution in [-0.2, 0) is 22.5 Å². The molecule has 2 atom stereocenters. The summed E-state index contributed by atoms with van der Waals surface area (Å²) in [6.07, 6.45) is 16.0. The van der Waals surface area contributed by atoms with Gasteiger partial charge < -0.3 is 14.0 Å². The summed E-state index contributed by atoms with van der Waals surface area (Å²) in [6.45, 7) is 6.96. The van der Waals surface area contributed by atoms with Crippen LogP contribution in [0.1, 0.15) is 109 Å². The van der Waals surface area contributed by atoms with E-state index < -0.39 is 6.29 Å². The van der Waals surface area contributed by atoms with Crippen LogP contribution < -0.4 is 4.74 Å². The predicted octanol–water partition coefficient (Wildman–Crippen LogP) is 8.86. The van der Waals surface area contributed by atoms with E-state index in [1.165, 1.54) is 81.8 Å². The normalized spacial score (nSPS) is 13.2. The Morgan fingerprint density at radius 2 is 1.34 bits per heavy atom. The van der Waals surface area contributed by atoms with E-state index in [4.69, 9.17) is 9.47 Å². The highest BCUT2D eigenvalue weighted by atomic mass is 16.7. The quantitative estimate of drug-likeness (QED) is 0.0751. The van der Waals surface area contributed by atoms with E-state index in [2.05, 4.69) is 45.3 Å². The molecule has 0 fully saturated rings. The monoisotopic (exact) mass is 524 g/mol. The van der Waals surface area contributed by atoms with Gasteiger partial charge in [0.15, 0.2) is 6.04 Å². The van der Waals surface area contributed by atoms with Gasteiger partial charge in [0, 0.05) is 12.0 Å². The van der Waals surface area contributed by atoms with Crippen LogP contribution in [0.5, 0.6) is 5.75 Å². The van der Waals surface area contributed by atoms with Gasteiger partial charge in [-0.3, -0.25) is 0 Å². The van der Waals surface area contributed by atoms with E-state index in [0.717, 1.165) is 18.7 Å². The molecule has 0 aliphatic carbocycles. The fourth-order valence-corrected chi connectivity index (χ4v) is 4.81. The smallest absolute Gasteiger partial charge is 0.367 e. The minimum atomic E-state index is -0.584. The number of carbonyl (C=O) groups is 1. The van der Waals surface area contributed by atoms with E-state index in [-0.39, 0.29) is 12.0 Å². The minimum Gasteiger partial charge on any atom is -0.455 e. The van der Waals surface area contributed by atoms with Gasteiger partial charge in [0.2, 0.25) is 6.29 Å². The molecule has 0 saturated heterocycles. The number of hydrogen-bond acceptors (Lipinski definition) is 3. The summed E-state index contributed by atoms with van der Waals surface area (Å²) in [4.78, 5) is 13.0. The topological polar surface area (TPSA) is 35.5 Å². The van der Waals surface area contributed by atoms with E-state index in [1.54, 1.807) is 0 Å². The zero-order valence-electron chi connectivity index (χ0n) is 24.9. The van der Waals surface area contributed by atoms with Gasteiger partial charge >= 0.3 is 5.97 Å². The largest absolute Gasteiger partial charge is 0.455 e. The summed E-state index contributed by atoms with van der Waals surface area (Å²) in [5, 5.41) is 0. The average Bonchev–Trinajstić information content (AvgIpc) is 2.91. The molecule has 0 saturated carbocycles. The van der Waals surface area contributed by atoms with Crippen LogP contribution >= 0.6 is 0 Å². The van der Waals surface area contributed by atoms with Gasteiger partial charge in [0.25, 0.3) is 0 Å². The number of ether oxygens (including phenoxy) is 2. The van der Waals surface area contributed by atoms with Gasteiger partial charge in [-0.2, -0.15) is 0 Å². The number of hydrogen-bond donors (Lipinski definition) is 0. The van der Waals surface area contributed by atoms with Crippen LogP contribution in [-0.4, -0.2) is 36.9 Å². The van der Waals surface area contributed by atoms with E-state index in [9.17, 15) is 4.79 Å². The number of nitrogens with zero attached hydrogens (tertiary/aromatic N) is 1. The molecule has 0 radical (unpaired) electrons. The van der Waals surface area contributed by atoms with Gasteiger partial charge in [-0.25, -0.2) is 4.79 Å². The lowest BCUT2D eigenvalue weighted by molar-refractivity contribution is -0.917. The lowest BCUT2D eigenvalue weighted by atomic mass is 10.0. The number of rotatable bonds is 20. The van der Waals surface area contributed by atoms with Crippen molar-refractivity contribution < 1.29 is 18.8 Å². The molecule has 0 amide bonds. The molecule has 38 heavy (non-hydrogen) atoms. The van der Waals surface area contributed by atoms with E-state index >= 15 is 0 Å². The van der Waals surface area contributed by atoms with Crippen molar-refractivity contribution in [1.29, 1.82) is 0 Å². The Hall–Kier alpha value is -2.33. The second-order valence-corrected chi connectivity index (χ2v) is 11.4. The van der Waals surface area contributed by atoms with Crippen molar-refractivity contribution in [3.8, 4) is 5.75 Å². The Morgan fingerprint density at radius 3 is 1.95 bits per heavy atom. The maximum absolute atomic E-state index is 13.0. The van der Waals surface area contributed by atoms with Crippen molar-refractivity contribution in [3.05, 3.63) is 65.7 Å². The Labute approximate surface area is 233 Å². The fourth-order valence-electron chi connectivity index (χ4n) is 4.81.